The summed E-state index contributed by atoms with van der Waals surface area (Å²) in [6, 6.07) is 20.4. The van der Waals surface area contributed by atoms with Crippen molar-refractivity contribution in [2.24, 2.45) is 0 Å². The van der Waals surface area contributed by atoms with E-state index in [4.69, 9.17) is 16.3 Å². The zero-order chi connectivity index (χ0) is 24.6. The van der Waals surface area contributed by atoms with Gasteiger partial charge in [-0.2, -0.15) is 0 Å². The van der Waals surface area contributed by atoms with Crippen LogP contribution in [0.2, 0.25) is 5.02 Å². The molecule has 0 saturated carbocycles. The molecule has 0 fully saturated rings. The second-order valence-electron chi connectivity index (χ2n) is 7.84. The molecular weight excluding hydrogens is 508 g/mol. The quantitative estimate of drug-likeness (QED) is 0.402. The highest BCUT2D eigenvalue weighted by Gasteiger charge is 2.38. The number of aromatic nitrogens is 2. The van der Waals surface area contributed by atoms with Gasteiger partial charge in [0.15, 0.2) is 6.10 Å². The Morgan fingerprint density at radius 2 is 1.83 bits per heavy atom. The van der Waals surface area contributed by atoms with E-state index in [9.17, 15) is 13.2 Å². The fourth-order valence-corrected chi connectivity index (χ4v) is 5.99. The molecule has 1 atom stereocenters. The molecule has 0 aliphatic carbocycles. The molecule has 4 aromatic rings. The van der Waals surface area contributed by atoms with Crippen LogP contribution in [0.5, 0.6) is 5.75 Å². The number of halogens is 1. The van der Waals surface area contributed by atoms with Gasteiger partial charge in [-0.15, -0.1) is 10.2 Å². The summed E-state index contributed by atoms with van der Waals surface area (Å²) in [7, 11) is -3.98. The first kappa shape index (κ1) is 23.3. The van der Waals surface area contributed by atoms with E-state index in [-0.39, 0.29) is 28.0 Å². The summed E-state index contributed by atoms with van der Waals surface area (Å²) in [6.45, 7) is 1.76. The maximum absolute atomic E-state index is 13.4. The van der Waals surface area contributed by atoms with Gasteiger partial charge in [0.25, 0.3) is 15.9 Å². The maximum Gasteiger partial charge on any atom is 0.269 e. The van der Waals surface area contributed by atoms with Crippen LogP contribution in [-0.4, -0.2) is 37.2 Å². The topological polar surface area (TPSA) is 101 Å². The summed E-state index contributed by atoms with van der Waals surface area (Å²) < 4.78 is 33.9. The van der Waals surface area contributed by atoms with Crippen LogP contribution in [0.1, 0.15) is 5.56 Å². The van der Waals surface area contributed by atoms with Gasteiger partial charge < -0.3 is 4.74 Å². The van der Waals surface area contributed by atoms with Crippen LogP contribution in [0.4, 0.5) is 10.8 Å². The van der Waals surface area contributed by atoms with Gasteiger partial charge in [-0.25, -0.2) is 8.42 Å². The van der Waals surface area contributed by atoms with E-state index < -0.39 is 22.0 Å². The zero-order valence-corrected chi connectivity index (χ0v) is 20.8. The predicted molar refractivity (Wildman–Crippen MR) is 136 cm³/mol. The van der Waals surface area contributed by atoms with E-state index in [1.807, 2.05) is 31.2 Å². The molecule has 0 radical (unpaired) electrons. The van der Waals surface area contributed by atoms with Crippen molar-refractivity contribution in [1.82, 2.24) is 10.2 Å². The Kier molecular flexibility index (Phi) is 6.18. The van der Waals surface area contributed by atoms with Crippen LogP contribution >= 0.6 is 22.9 Å². The van der Waals surface area contributed by atoms with Gasteiger partial charge in [-0.1, -0.05) is 71.0 Å². The number of anilines is 2. The molecule has 2 heterocycles. The fourth-order valence-electron chi connectivity index (χ4n) is 3.58. The highest BCUT2D eigenvalue weighted by Crippen LogP contribution is 2.39. The smallest absolute Gasteiger partial charge is 0.269 e. The lowest BCUT2D eigenvalue weighted by Gasteiger charge is -2.34. The van der Waals surface area contributed by atoms with Crippen molar-refractivity contribution in [2.75, 3.05) is 16.2 Å². The van der Waals surface area contributed by atoms with Crippen molar-refractivity contribution in [3.63, 3.8) is 0 Å². The molecule has 11 heteroatoms. The minimum absolute atomic E-state index is 0.0962. The number of ether oxygens (including phenoxy) is 1. The van der Waals surface area contributed by atoms with Gasteiger partial charge in [0.05, 0.1) is 17.1 Å². The van der Waals surface area contributed by atoms with Gasteiger partial charge in [0, 0.05) is 10.6 Å². The number of hydrogen-bond donors (Lipinski definition) is 1. The molecule has 1 N–H and O–H groups in total. The first-order chi connectivity index (χ1) is 16.8. The standard InChI is InChI=1S/C24H19ClN4O4S2/c1-15-7-9-16(10-8-15)23-27-28-24(34-23)26-22(30)21-14-29(19-13-17(25)11-12-20(19)33-21)35(31,32)18-5-3-2-4-6-18/h2-13,21H,14H2,1H3,(H,26,28,30)/t21-/m0/s1. The summed E-state index contributed by atoms with van der Waals surface area (Å²) in [6.07, 6.45) is -1.12. The van der Waals surface area contributed by atoms with Crippen LogP contribution in [0.3, 0.4) is 0 Å². The number of hydrogen-bond acceptors (Lipinski definition) is 7. The third kappa shape index (κ3) is 4.72. The molecule has 178 valence electrons. The number of rotatable bonds is 5. The number of aryl methyl sites for hydroxylation is 1. The first-order valence-electron chi connectivity index (χ1n) is 10.6. The first-order valence-corrected chi connectivity index (χ1v) is 13.2. The van der Waals surface area contributed by atoms with Gasteiger partial charge >= 0.3 is 0 Å². The number of sulfonamides is 1. The molecule has 3 aromatic carbocycles. The highest BCUT2D eigenvalue weighted by molar-refractivity contribution is 7.92. The van der Waals surface area contributed by atoms with Crippen molar-refractivity contribution < 1.29 is 17.9 Å². The van der Waals surface area contributed by atoms with E-state index in [0.29, 0.717) is 10.0 Å². The molecule has 0 unspecified atom stereocenters. The van der Waals surface area contributed by atoms with E-state index in [2.05, 4.69) is 15.5 Å². The molecule has 5 rings (SSSR count). The number of carbonyl (C=O) groups is 1. The van der Waals surface area contributed by atoms with Crippen LogP contribution in [0, 0.1) is 6.92 Å². The molecule has 0 bridgehead atoms. The molecule has 1 aliphatic rings. The van der Waals surface area contributed by atoms with E-state index in [1.165, 1.54) is 29.5 Å². The van der Waals surface area contributed by atoms with Crippen molar-refractivity contribution in [3.05, 3.63) is 83.4 Å². The number of fused-ring (bicyclic) bond motifs is 1. The molecule has 1 aromatic heterocycles. The molecule has 0 spiro atoms. The van der Waals surface area contributed by atoms with Crippen LogP contribution in [0.15, 0.2) is 77.7 Å². The van der Waals surface area contributed by atoms with Gasteiger partial charge in [0.1, 0.15) is 10.8 Å². The number of nitrogens with one attached hydrogen (secondary N) is 1. The Morgan fingerprint density at radius 3 is 2.57 bits per heavy atom. The summed E-state index contributed by atoms with van der Waals surface area (Å²) in [4.78, 5) is 13.2. The van der Waals surface area contributed by atoms with Crippen LogP contribution < -0.4 is 14.4 Å². The normalized spacial score (nSPS) is 15.3. The van der Waals surface area contributed by atoms with Crippen molar-refractivity contribution in [2.45, 2.75) is 17.9 Å². The lowest BCUT2D eigenvalue weighted by Crippen LogP contribution is -2.48. The monoisotopic (exact) mass is 526 g/mol. The predicted octanol–water partition coefficient (Wildman–Crippen LogP) is 4.76. The molecule has 1 aliphatic heterocycles. The summed E-state index contributed by atoms with van der Waals surface area (Å²) >= 11 is 7.35. The van der Waals surface area contributed by atoms with Crippen molar-refractivity contribution in [3.8, 4) is 16.3 Å². The number of amides is 1. The Labute approximate surface area is 211 Å². The van der Waals surface area contributed by atoms with Crippen LogP contribution in [-0.2, 0) is 14.8 Å². The summed E-state index contributed by atoms with van der Waals surface area (Å²) in [5.74, 6) is -0.302. The lowest BCUT2D eigenvalue weighted by atomic mass is 10.2. The fraction of sp³-hybridized carbons (Fsp3) is 0.125. The molecule has 0 saturated heterocycles. The van der Waals surface area contributed by atoms with Crippen molar-refractivity contribution >= 4 is 49.7 Å². The highest BCUT2D eigenvalue weighted by atomic mass is 35.5. The molecule has 1 amide bonds. The number of carbonyl (C=O) groups excluding carboxylic acids is 1. The summed E-state index contributed by atoms with van der Waals surface area (Å²) in [5.41, 5.74) is 2.27. The van der Waals surface area contributed by atoms with E-state index >= 15 is 0 Å². The molecule has 8 nitrogen and oxygen atoms in total. The average Bonchev–Trinajstić information content (AvgIpc) is 3.32. The molecular formula is C24H19ClN4O4S2. The third-order valence-electron chi connectivity index (χ3n) is 5.37. The third-order valence-corrected chi connectivity index (χ3v) is 8.28. The van der Waals surface area contributed by atoms with E-state index in [1.54, 1.807) is 30.3 Å². The van der Waals surface area contributed by atoms with E-state index in [0.717, 1.165) is 15.4 Å². The zero-order valence-electron chi connectivity index (χ0n) is 18.4. The van der Waals surface area contributed by atoms with Crippen molar-refractivity contribution in [1.29, 1.82) is 0 Å². The Morgan fingerprint density at radius 1 is 1.09 bits per heavy atom. The number of nitrogens with zero attached hydrogens (tertiary/aromatic N) is 3. The average molecular weight is 527 g/mol. The largest absolute Gasteiger partial charge is 0.476 e. The second-order valence-corrected chi connectivity index (χ2v) is 11.1. The minimum Gasteiger partial charge on any atom is -0.476 e. The van der Waals surface area contributed by atoms with Gasteiger partial charge in [-0.3, -0.25) is 14.4 Å². The second kappa shape index (κ2) is 9.29. The summed E-state index contributed by atoms with van der Waals surface area (Å²) in [5, 5.41) is 12.2. The van der Waals surface area contributed by atoms with Crippen LogP contribution in [0.25, 0.3) is 10.6 Å². The van der Waals surface area contributed by atoms with Gasteiger partial charge in [-0.05, 0) is 37.3 Å². The SMILES string of the molecule is Cc1ccc(-c2nnc(NC(=O)[C@@H]3CN(S(=O)(=O)c4ccccc4)c4cc(Cl)ccc4O3)s2)cc1. The Bertz CT molecular complexity index is 1490. The Hall–Kier alpha value is -3.47. The number of benzene rings is 3. The molecule has 35 heavy (non-hydrogen) atoms. The lowest BCUT2D eigenvalue weighted by molar-refractivity contribution is -0.122. The maximum atomic E-state index is 13.4. The minimum atomic E-state index is -3.98. The Balaban J connectivity index is 1.41. The van der Waals surface area contributed by atoms with Gasteiger partial charge in [0.2, 0.25) is 5.13 Å².